The Balaban J connectivity index is 1.70. The van der Waals surface area contributed by atoms with Crippen molar-refractivity contribution in [3.8, 4) is 0 Å². The lowest BCUT2D eigenvalue weighted by Crippen LogP contribution is -2.73. The molecule has 0 saturated carbocycles. The molecule has 6 nitrogen and oxygen atoms in total. The third kappa shape index (κ3) is 2.41. The molecule has 1 aromatic carbocycles. The summed E-state index contributed by atoms with van der Waals surface area (Å²) in [7, 11) is 0. The molecule has 0 bridgehead atoms. The van der Waals surface area contributed by atoms with Crippen LogP contribution in [0, 0.1) is 0 Å². The van der Waals surface area contributed by atoms with Crippen LogP contribution in [-0.2, 0) is 9.53 Å². The molecule has 2 N–H and O–H groups in total. The molecule has 6 heteroatoms. The van der Waals surface area contributed by atoms with Gasteiger partial charge in [-0.05, 0) is 32.9 Å². The molecule has 1 aromatic rings. The molecule has 2 aliphatic rings. The molecule has 0 atom stereocenters. The van der Waals surface area contributed by atoms with Gasteiger partial charge in [0.2, 0.25) is 0 Å². The summed E-state index contributed by atoms with van der Waals surface area (Å²) in [4.78, 5) is 25.8. The van der Waals surface area contributed by atoms with Gasteiger partial charge < -0.3 is 20.3 Å². The molecule has 0 radical (unpaired) electrons. The van der Waals surface area contributed by atoms with Crippen LogP contribution in [0.25, 0.3) is 0 Å². The molecule has 2 amide bonds. The molecule has 2 aliphatic heterocycles. The minimum absolute atomic E-state index is 0.110. The zero-order valence-corrected chi connectivity index (χ0v) is 12.4. The number of ether oxygens (including phenoxy) is 1. The Morgan fingerprint density at radius 1 is 1.24 bits per heavy atom. The van der Waals surface area contributed by atoms with Gasteiger partial charge in [0.1, 0.15) is 5.60 Å². The van der Waals surface area contributed by atoms with Crippen molar-refractivity contribution in [1.82, 2.24) is 4.90 Å². The second-order valence-electron chi connectivity index (χ2n) is 6.54. The Labute approximate surface area is 123 Å². The van der Waals surface area contributed by atoms with Gasteiger partial charge in [-0.1, -0.05) is 12.1 Å². The third-order valence-corrected chi connectivity index (χ3v) is 3.56. The quantitative estimate of drug-likeness (QED) is 0.767. The third-order valence-electron chi connectivity index (χ3n) is 3.56. The number of anilines is 2. The molecule has 1 saturated heterocycles. The zero-order valence-electron chi connectivity index (χ0n) is 12.4. The summed E-state index contributed by atoms with van der Waals surface area (Å²) in [5.74, 6) is -0.110. The molecule has 0 aliphatic carbocycles. The summed E-state index contributed by atoms with van der Waals surface area (Å²) in [5, 5.41) is 6.13. The van der Waals surface area contributed by atoms with Crippen LogP contribution >= 0.6 is 0 Å². The van der Waals surface area contributed by atoms with E-state index in [1.165, 1.54) is 4.90 Å². The van der Waals surface area contributed by atoms with Gasteiger partial charge in [0.25, 0.3) is 5.91 Å². The van der Waals surface area contributed by atoms with Gasteiger partial charge in [-0.15, -0.1) is 0 Å². The van der Waals surface area contributed by atoms with Crippen LogP contribution in [0.3, 0.4) is 0 Å². The highest BCUT2D eigenvalue weighted by Gasteiger charge is 2.54. The van der Waals surface area contributed by atoms with Gasteiger partial charge in [0.15, 0.2) is 5.54 Å². The highest BCUT2D eigenvalue weighted by molar-refractivity contribution is 6.07. The number of benzene rings is 1. The molecule has 2 heterocycles. The van der Waals surface area contributed by atoms with E-state index in [1.807, 2.05) is 45.0 Å². The maximum absolute atomic E-state index is 12.3. The number of para-hydroxylation sites is 2. The number of nitrogens with zero attached hydrogens (tertiary/aromatic N) is 1. The number of carbonyl (C=O) groups is 2. The van der Waals surface area contributed by atoms with Crippen LogP contribution in [0.5, 0.6) is 0 Å². The molecular formula is C15H19N3O3. The van der Waals surface area contributed by atoms with E-state index in [0.29, 0.717) is 13.1 Å². The Hall–Kier alpha value is -2.24. The average Bonchev–Trinajstić information content (AvgIpc) is 2.33. The van der Waals surface area contributed by atoms with Crippen LogP contribution in [0.1, 0.15) is 20.8 Å². The summed E-state index contributed by atoms with van der Waals surface area (Å²) in [6.07, 6.45) is -0.387. The van der Waals surface area contributed by atoms with Crippen molar-refractivity contribution in [1.29, 1.82) is 0 Å². The van der Waals surface area contributed by atoms with Crippen molar-refractivity contribution in [2.75, 3.05) is 23.7 Å². The first-order valence-corrected chi connectivity index (χ1v) is 6.96. The predicted molar refractivity (Wildman–Crippen MR) is 79.2 cm³/mol. The van der Waals surface area contributed by atoms with Gasteiger partial charge in [0, 0.05) is 0 Å². The van der Waals surface area contributed by atoms with Crippen LogP contribution in [0.4, 0.5) is 16.2 Å². The Morgan fingerprint density at radius 3 is 2.48 bits per heavy atom. The first-order valence-electron chi connectivity index (χ1n) is 6.96. The topological polar surface area (TPSA) is 70.7 Å². The van der Waals surface area contributed by atoms with E-state index < -0.39 is 11.1 Å². The summed E-state index contributed by atoms with van der Waals surface area (Å²) in [5.41, 5.74) is 0.365. The summed E-state index contributed by atoms with van der Waals surface area (Å²) < 4.78 is 5.31. The molecule has 0 aromatic heterocycles. The summed E-state index contributed by atoms with van der Waals surface area (Å²) in [6, 6.07) is 7.53. The van der Waals surface area contributed by atoms with Crippen LogP contribution < -0.4 is 10.6 Å². The number of rotatable bonds is 0. The van der Waals surface area contributed by atoms with Gasteiger partial charge in [0.05, 0.1) is 24.5 Å². The van der Waals surface area contributed by atoms with Crippen molar-refractivity contribution in [2.45, 2.75) is 31.9 Å². The lowest BCUT2D eigenvalue weighted by atomic mass is 9.86. The number of amides is 2. The lowest BCUT2D eigenvalue weighted by molar-refractivity contribution is -0.125. The molecule has 112 valence electrons. The highest BCUT2D eigenvalue weighted by atomic mass is 16.6. The first-order chi connectivity index (χ1) is 9.79. The van der Waals surface area contributed by atoms with Gasteiger partial charge in [-0.2, -0.15) is 0 Å². The number of nitrogens with one attached hydrogen (secondary N) is 2. The van der Waals surface area contributed by atoms with E-state index in [0.717, 1.165) is 11.4 Å². The lowest BCUT2D eigenvalue weighted by Gasteiger charge is -2.51. The second kappa shape index (κ2) is 4.38. The Kier molecular flexibility index (Phi) is 2.86. The Bertz CT molecular complexity index is 600. The molecule has 21 heavy (non-hydrogen) atoms. The molecule has 1 spiro atoms. The van der Waals surface area contributed by atoms with Crippen molar-refractivity contribution < 1.29 is 14.3 Å². The van der Waals surface area contributed by atoms with Crippen molar-refractivity contribution in [3.63, 3.8) is 0 Å². The average molecular weight is 289 g/mol. The van der Waals surface area contributed by atoms with E-state index in [2.05, 4.69) is 10.6 Å². The minimum atomic E-state index is -0.745. The summed E-state index contributed by atoms with van der Waals surface area (Å²) >= 11 is 0. The number of carbonyl (C=O) groups excluding carboxylic acids is 2. The van der Waals surface area contributed by atoms with E-state index in [1.54, 1.807) is 0 Å². The number of likely N-dealkylation sites (tertiary alicyclic amines) is 1. The van der Waals surface area contributed by atoms with Gasteiger partial charge >= 0.3 is 6.09 Å². The van der Waals surface area contributed by atoms with E-state index >= 15 is 0 Å². The Morgan fingerprint density at radius 2 is 1.86 bits per heavy atom. The van der Waals surface area contributed by atoms with Crippen molar-refractivity contribution in [2.24, 2.45) is 0 Å². The van der Waals surface area contributed by atoms with Gasteiger partial charge in [-0.3, -0.25) is 4.79 Å². The van der Waals surface area contributed by atoms with Gasteiger partial charge in [-0.25, -0.2) is 4.79 Å². The SMILES string of the molecule is CC(C)(C)OC(=O)N1CC2(C1)Nc1ccccc1NC2=O. The highest BCUT2D eigenvalue weighted by Crippen LogP contribution is 2.36. The first kappa shape index (κ1) is 13.7. The van der Waals surface area contributed by atoms with E-state index in [4.69, 9.17) is 4.74 Å². The van der Waals surface area contributed by atoms with Crippen LogP contribution in [-0.4, -0.2) is 41.1 Å². The monoisotopic (exact) mass is 289 g/mol. The second-order valence-corrected chi connectivity index (χ2v) is 6.54. The molecular weight excluding hydrogens is 270 g/mol. The predicted octanol–water partition coefficient (Wildman–Crippen LogP) is 2.04. The number of fused-ring (bicyclic) bond motifs is 1. The van der Waals surface area contributed by atoms with Crippen molar-refractivity contribution in [3.05, 3.63) is 24.3 Å². The smallest absolute Gasteiger partial charge is 0.410 e. The van der Waals surface area contributed by atoms with E-state index in [9.17, 15) is 9.59 Å². The molecule has 1 fully saturated rings. The fourth-order valence-corrected chi connectivity index (χ4v) is 2.54. The maximum Gasteiger partial charge on any atom is 0.410 e. The fraction of sp³-hybridized carbons (Fsp3) is 0.467. The van der Waals surface area contributed by atoms with Crippen LogP contribution in [0.15, 0.2) is 24.3 Å². The summed E-state index contributed by atoms with van der Waals surface area (Å²) in [6.45, 7) is 6.08. The van der Waals surface area contributed by atoms with E-state index in [-0.39, 0.29) is 12.0 Å². The standard InChI is InChI=1S/C15H19N3O3/c1-14(2,3)21-13(20)18-8-15(9-18)12(19)16-10-6-4-5-7-11(10)17-15/h4-7,17H,8-9H2,1-3H3,(H,16,19). The number of hydrogen-bond donors (Lipinski definition) is 2. The zero-order chi connectivity index (χ0) is 15.3. The normalized spacial score (nSPS) is 19.2. The largest absolute Gasteiger partial charge is 0.444 e. The van der Waals surface area contributed by atoms with Crippen LogP contribution in [0.2, 0.25) is 0 Å². The maximum atomic E-state index is 12.3. The fourth-order valence-electron chi connectivity index (χ4n) is 2.54. The number of hydrogen-bond acceptors (Lipinski definition) is 4. The molecule has 0 unspecified atom stereocenters. The van der Waals surface area contributed by atoms with Crippen molar-refractivity contribution >= 4 is 23.4 Å². The minimum Gasteiger partial charge on any atom is -0.444 e. The molecule has 3 rings (SSSR count).